The molecule has 0 rings (SSSR count). The number of hydrogen-bond donors (Lipinski definition) is 0. The topological polar surface area (TPSA) is 55.5 Å². The molecule has 11 heavy (non-hydrogen) atoms. The Balaban J connectivity index is 4.18. The molecule has 0 aromatic carbocycles. The van der Waals surface area contributed by atoms with Crippen LogP contribution in [0.25, 0.3) is 0 Å². The number of nitrogens with zero attached hydrogens (tertiary/aromatic N) is 2. The first kappa shape index (κ1) is 9.81. The van der Waals surface area contributed by atoms with E-state index in [1.54, 1.807) is 19.9 Å². The Labute approximate surface area is 65.8 Å². The molecule has 0 aromatic rings. The van der Waals surface area contributed by atoms with Crippen molar-refractivity contribution >= 4 is 5.78 Å². The Hall–Kier alpha value is -1.19. The Morgan fingerprint density at radius 1 is 1.73 bits per heavy atom. The highest BCUT2D eigenvalue weighted by atomic mass is 16.5. The van der Waals surface area contributed by atoms with Gasteiger partial charge in [-0.2, -0.15) is 0 Å². The molecule has 0 amide bonds. The minimum atomic E-state index is -0.552. The molecule has 0 aliphatic rings. The maximum absolute atomic E-state index is 10.7. The predicted octanol–water partition coefficient (Wildman–Crippen LogP) is 1.46. The number of carbonyl (C=O) groups excluding carboxylic acids is 1. The highest BCUT2D eigenvalue weighted by Crippen LogP contribution is 1.92. The fraction of sp³-hybridized carbons (Fsp3) is 0.571. The van der Waals surface area contributed by atoms with Crippen molar-refractivity contribution < 1.29 is 9.66 Å². The summed E-state index contributed by atoms with van der Waals surface area (Å²) in [6, 6.07) is -0.552. The third-order valence-corrected chi connectivity index (χ3v) is 1.15. The van der Waals surface area contributed by atoms with Crippen molar-refractivity contribution in [3.63, 3.8) is 0 Å². The van der Waals surface area contributed by atoms with E-state index in [1.807, 2.05) is 0 Å². The summed E-state index contributed by atoms with van der Waals surface area (Å²) in [7, 11) is 0. The molecule has 0 fully saturated rings. The average Bonchev–Trinajstić information content (AvgIpc) is 1.87. The van der Waals surface area contributed by atoms with Gasteiger partial charge in [-0.15, -0.1) is 0 Å². The highest BCUT2D eigenvalue weighted by Gasteiger charge is 2.08. The van der Waals surface area contributed by atoms with Gasteiger partial charge in [-0.1, -0.05) is 4.86 Å². The van der Waals surface area contributed by atoms with Crippen molar-refractivity contribution in [3.05, 3.63) is 17.5 Å². The third-order valence-electron chi connectivity index (χ3n) is 1.15. The fourth-order valence-electron chi connectivity index (χ4n) is 0.418. The second-order valence-electron chi connectivity index (χ2n) is 2.19. The van der Waals surface area contributed by atoms with Gasteiger partial charge in [0.2, 0.25) is 6.20 Å². The van der Waals surface area contributed by atoms with Crippen LogP contribution >= 0.6 is 0 Å². The monoisotopic (exact) mass is 156 g/mol. The van der Waals surface area contributed by atoms with E-state index in [0.717, 1.165) is 0 Å². The number of rotatable bonds is 3. The molecule has 0 saturated carbocycles. The zero-order valence-electron chi connectivity index (χ0n) is 6.94. The van der Waals surface area contributed by atoms with E-state index in [4.69, 9.17) is 0 Å². The minimum Gasteiger partial charge on any atom is -0.595 e. The maximum Gasteiger partial charge on any atom is 0.205 e. The molecular formula is C7H12N2O2. The largest absolute Gasteiger partial charge is 0.595 e. The lowest BCUT2D eigenvalue weighted by atomic mass is 10.3. The molecule has 4 heteroatoms. The van der Waals surface area contributed by atoms with Crippen LogP contribution in [0, 0.1) is 5.21 Å². The second kappa shape index (κ2) is 4.60. The van der Waals surface area contributed by atoms with E-state index in [1.165, 1.54) is 13.1 Å². The summed E-state index contributed by atoms with van der Waals surface area (Å²) in [4.78, 5) is 11.0. The highest BCUT2D eigenvalue weighted by molar-refractivity contribution is 5.80. The zero-order chi connectivity index (χ0) is 8.85. The van der Waals surface area contributed by atoms with Crippen LogP contribution in [0.15, 0.2) is 17.4 Å². The molecular weight excluding hydrogens is 144 g/mol. The number of Topliss-reactive ketones (excluding diaryl/α,β-unsaturated/α-hetero) is 1. The van der Waals surface area contributed by atoms with E-state index in [2.05, 4.69) is 5.11 Å². The lowest BCUT2D eigenvalue weighted by Crippen LogP contribution is -2.12. The summed E-state index contributed by atoms with van der Waals surface area (Å²) in [6.45, 7) is 4.69. The Kier molecular flexibility index (Phi) is 4.10. The first-order valence-corrected chi connectivity index (χ1v) is 3.38. The van der Waals surface area contributed by atoms with Crippen LogP contribution < -0.4 is 0 Å². The van der Waals surface area contributed by atoms with Crippen molar-refractivity contribution in [1.82, 2.24) is 0 Å². The molecule has 62 valence electrons. The predicted molar refractivity (Wildman–Crippen MR) is 41.0 cm³/mol. The van der Waals surface area contributed by atoms with Crippen LogP contribution in [0.3, 0.4) is 0 Å². The Morgan fingerprint density at radius 2 is 2.27 bits per heavy atom. The summed E-state index contributed by atoms with van der Waals surface area (Å²) in [5.74, 6) is -0.115. The number of carbonyl (C=O) groups is 1. The van der Waals surface area contributed by atoms with Crippen LogP contribution in [-0.4, -0.2) is 16.7 Å². The van der Waals surface area contributed by atoms with Gasteiger partial charge in [-0.3, -0.25) is 4.79 Å². The van der Waals surface area contributed by atoms with Crippen molar-refractivity contribution in [1.29, 1.82) is 0 Å². The number of ketones is 1. The summed E-state index contributed by atoms with van der Waals surface area (Å²) in [5.41, 5.74) is 0. The van der Waals surface area contributed by atoms with Crippen molar-refractivity contribution in [2.75, 3.05) is 0 Å². The van der Waals surface area contributed by atoms with Crippen molar-refractivity contribution in [2.24, 2.45) is 5.11 Å². The van der Waals surface area contributed by atoms with E-state index in [-0.39, 0.29) is 5.78 Å². The van der Waals surface area contributed by atoms with E-state index in [9.17, 15) is 10.0 Å². The number of allylic oxidation sites excluding steroid dienone is 1. The summed E-state index contributed by atoms with van der Waals surface area (Å²) in [5, 5.41) is 14.2. The molecule has 1 unspecified atom stereocenters. The first-order valence-electron chi connectivity index (χ1n) is 3.38. The molecule has 0 radical (unpaired) electrons. The second-order valence-corrected chi connectivity index (χ2v) is 2.19. The zero-order valence-corrected chi connectivity index (χ0v) is 6.94. The smallest absolute Gasteiger partial charge is 0.205 e. The normalized spacial score (nSPS) is 15.4. The van der Waals surface area contributed by atoms with Crippen molar-refractivity contribution in [3.8, 4) is 0 Å². The van der Waals surface area contributed by atoms with Gasteiger partial charge in [0, 0.05) is 0 Å². The summed E-state index contributed by atoms with van der Waals surface area (Å²) in [6.07, 6.45) is 2.81. The van der Waals surface area contributed by atoms with Gasteiger partial charge < -0.3 is 5.21 Å². The Morgan fingerprint density at radius 3 is 2.64 bits per heavy atom. The summed E-state index contributed by atoms with van der Waals surface area (Å²) >= 11 is 0. The lowest BCUT2D eigenvalue weighted by molar-refractivity contribution is -0.461. The molecule has 0 N–H and O–H groups in total. The minimum absolute atomic E-state index is 0.115. The van der Waals surface area contributed by atoms with Gasteiger partial charge in [0.05, 0.1) is 0 Å². The molecule has 0 aliphatic carbocycles. The van der Waals surface area contributed by atoms with Crippen LogP contribution in [0.5, 0.6) is 0 Å². The fourth-order valence-corrected chi connectivity index (χ4v) is 0.418. The molecule has 0 spiro atoms. The van der Waals surface area contributed by atoms with E-state index in [0.29, 0.717) is 4.86 Å². The number of hydroxylamine groups is 1. The standard InChI is InChI=1S/C7H12N2O2/c1-4-5-9(11)8-6(2)7(3)10/h4-6H,1-3H3. The number of hydrogen-bond acceptors (Lipinski definition) is 3. The Bertz CT molecular complexity index is 197. The van der Waals surface area contributed by atoms with Crippen LogP contribution in [0.4, 0.5) is 0 Å². The van der Waals surface area contributed by atoms with E-state index >= 15 is 0 Å². The SMILES string of the molecule is CC=C[N+]([O-])=NC(C)C(C)=O. The third kappa shape index (κ3) is 4.25. The van der Waals surface area contributed by atoms with Crippen LogP contribution in [0.2, 0.25) is 0 Å². The summed E-state index contributed by atoms with van der Waals surface area (Å²) < 4.78 is 0. The van der Waals surface area contributed by atoms with Gasteiger partial charge in [-0.05, 0) is 32.0 Å². The molecule has 0 saturated heterocycles. The molecule has 0 heterocycles. The van der Waals surface area contributed by atoms with Gasteiger partial charge in [0.25, 0.3) is 0 Å². The maximum atomic E-state index is 10.7. The van der Waals surface area contributed by atoms with Crippen LogP contribution in [0.1, 0.15) is 20.8 Å². The van der Waals surface area contributed by atoms with Gasteiger partial charge >= 0.3 is 0 Å². The number of azo groups is 1. The first-order chi connectivity index (χ1) is 5.07. The molecule has 0 bridgehead atoms. The molecule has 0 aliphatic heterocycles. The molecule has 0 aromatic heterocycles. The lowest BCUT2D eigenvalue weighted by Gasteiger charge is -1.97. The quantitative estimate of drug-likeness (QED) is 0.353. The molecule has 4 nitrogen and oxygen atoms in total. The molecule has 1 atom stereocenters. The van der Waals surface area contributed by atoms with Gasteiger partial charge in [0.1, 0.15) is 0 Å². The van der Waals surface area contributed by atoms with Gasteiger partial charge in [0.15, 0.2) is 11.8 Å². The van der Waals surface area contributed by atoms with Crippen molar-refractivity contribution in [2.45, 2.75) is 26.8 Å². The van der Waals surface area contributed by atoms with Gasteiger partial charge in [-0.25, -0.2) is 0 Å². The van der Waals surface area contributed by atoms with E-state index < -0.39 is 6.04 Å². The average molecular weight is 156 g/mol. The van der Waals surface area contributed by atoms with Crippen LogP contribution in [-0.2, 0) is 4.79 Å².